The number of halogens is 12. The summed E-state index contributed by atoms with van der Waals surface area (Å²) in [5, 5.41) is 0. The van der Waals surface area contributed by atoms with E-state index in [0.29, 0.717) is 0 Å². The van der Waals surface area contributed by atoms with Gasteiger partial charge in [0.1, 0.15) is 0 Å². The van der Waals surface area contributed by atoms with E-state index in [9.17, 15) is 52.7 Å². The minimum absolute atomic E-state index is 0.228. The Balaban J connectivity index is 6.59. The highest BCUT2D eigenvalue weighted by Crippen LogP contribution is 2.61. The summed E-state index contributed by atoms with van der Waals surface area (Å²) in [7, 11) is 0. The number of alkyl halides is 12. The molecule has 0 amide bonds. The van der Waals surface area contributed by atoms with Gasteiger partial charge in [-0.3, -0.25) is 0 Å². The van der Waals surface area contributed by atoms with E-state index in [1.54, 1.807) is 0 Å². The normalized spacial score (nSPS) is 14.8. The van der Waals surface area contributed by atoms with E-state index in [4.69, 9.17) is 0 Å². The monoisotopic (exact) mass is 406 g/mol. The summed E-state index contributed by atoms with van der Waals surface area (Å²) in [4.78, 5) is 0. The lowest BCUT2D eigenvalue weighted by atomic mass is 9.87. The quantitative estimate of drug-likeness (QED) is 0.312. The van der Waals surface area contributed by atoms with E-state index in [2.05, 4.69) is 26.3 Å². The van der Waals surface area contributed by atoms with Crippen molar-refractivity contribution in [3.63, 3.8) is 0 Å². The molecule has 0 aliphatic carbocycles. The molecule has 0 aliphatic heterocycles. The van der Waals surface area contributed by atoms with Gasteiger partial charge in [-0.15, -0.1) is 0 Å². The summed E-state index contributed by atoms with van der Waals surface area (Å²) in [5.74, 6) is -42.2. The Morgan fingerprint density at radius 3 is 0.808 bits per heavy atom. The first-order valence-electron chi connectivity index (χ1n) is 6.12. The van der Waals surface area contributed by atoms with Crippen LogP contribution in [0, 0.1) is 0 Å². The first kappa shape index (κ1) is 24.1. The van der Waals surface area contributed by atoms with Crippen molar-refractivity contribution in [2.24, 2.45) is 0 Å². The summed E-state index contributed by atoms with van der Waals surface area (Å²) >= 11 is 0. The van der Waals surface area contributed by atoms with Crippen LogP contribution < -0.4 is 0 Å². The van der Waals surface area contributed by atoms with Crippen molar-refractivity contribution in [3.8, 4) is 0 Å². The molecule has 0 atom stereocenters. The number of hydrogen-bond donors (Lipinski definition) is 0. The van der Waals surface area contributed by atoms with E-state index in [-0.39, 0.29) is 12.2 Å². The highest BCUT2D eigenvalue weighted by atomic mass is 19.4. The van der Waals surface area contributed by atoms with Crippen LogP contribution in [0.2, 0.25) is 0 Å². The number of hydrogen-bond acceptors (Lipinski definition) is 0. The molecule has 0 unspecified atom stereocenters. The Morgan fingerprint density at radius 1 is 0.462 bits per heavy atom. The van der Waals surface area contributed by atoms with Gasteiger partial charge in [-0.25, -0.2) is 0 Å². The molecule has 150 valence electrons. The lowest BCUT2D eigenvalue weighted by Gasteiger charge is -2.41. The molecule has 0 rings (SSSR count). The molecule has 0 radical (unpaired) electrons. The molecule has 0 nitrogen and oxygen atoms in total. The zero-order valence-corrected chi connectivity index (χ0v) is 12.5. The summed E-state index contributed by atoms with van der Waals surface area (Å²) in [5.41, 5.74) is -4.47. The van der Waals surface area contributed by atoms with E-state index in [0.717, 1.165) is 0 Å². The molecule has 0 aromatic heterocycles. The van der Waals surface area contributed by atoms with Crippen LogP contribution >= 0.6 is 0 Å². The summed E-state index contributed by atoms with van der Waals surface area (Å²) < 4.78 is 161. The second kappa shape index (κ2) is 6.38. The third-order valence-electron chi connectivity index (χ3n) is 3.27. The third kappa shape index (κ3) is 2.82. The number of allylic oxidation sites excluding steroid dienone is 4. The zero-order valence-electron chi connectivity index (χ0n) is 12.5. The van der Waals surface area contributed by atoms with Crippen molar-refractivity contribution in [2.75, 3.05) is 0 Å². The Bertz CT molecular complexity index is 557. The summed E-state index contributed by atoms with van der Waals surface area (Å²) in [6.45, 7) is 9.28. The van der Waals surface area contributed by atoms with Crippen molar-refractivity contribution in [2.45, 2.75) is 35.5 Å². The maximum Gasteiger partial charge on any atom is 0.385 e. The Kier molecular flexibility index (Phi) is 5.92. The highest BCUT2D eigenvalue weighted by Gasteiger charge is 2.90. The van der Waals surface area contributed by atoms with Crippen LogP contribution in [0.1, 0.15) is 0 Å². The molecule has 0 aromatic carbocycles. The molecule has 0 spiro atoms. The summed E-state index contributed by atoms with van der Waals surface area (Å²) in [6.07, 6.45) is -0.455. The molecule has 26 heavy (non-hydrogen) atoms. The fourth-order valence-corrected chi connectivity index (χ4v) is 1.45. The fraction of sp³-hybridized carbons (Fsp3) is 0.429. The van der Waals surface area contributed by atoms with Gasteiger partial charge >= 0.3 is 35.5 Å². The lowest BCUT2D eigenvalue weighted by Crippen LogP contribution is -2.70. The van der Waals surface area contributed by atoms with E-state index in [1.165, 1.54) is 0 Å². The molecule has 12 heteroatoms. The molecule has 0 aromatic rings. The van der Waals surface area contributed by atoms with Crippen LogP contribution in [0.25, 0.3) is 0 Å². The minimum Gasteiger partial charge on any atom is -0.194 e. The largest absolute Gasteiger partial charge is 0.385 e. The van der Waals surface area contributed by atoms with Gasteiger partial charge in [0.15, 0.2) is 0 Å². The Labute approximate surface area is 139 Å². The van der Waals surface area contributed by atoms with Crippen molar-refractivity contribution < 1.29 is 52.7 Å². The highest BCUT2D eigenvalue weighted by molar-refractivity contribution is 5.30. The Morgan fingerprint density at radius 2 is 0.654 bits per heavy atom. The predicted molar refractivity (Wildman–Crippen MR) is 68.4 cm³/mol. The topological polar surface area (TPSA) is 0 Å². The average Bonchev–Trinajstić information content (AvgIpc) is 2.51. The molecule has 0 fully saturated rings. The van der Waals surface area contributed by atoms with Crippen molar-refractivity contribution in [1.82, 2.24) is 0 Å². The first-order valence-corrected chi connectivity index (χ1v) is 6.12. The molecular formula is C14H10F12. The van der Waals surface area contributed by atoms with E-state index >= 15 is 0 Å². The second-order valence-electron chi connectivity index (χ2n) is 4.91. The van der Waals surface area contributed by atoms with Crippen LogP contribution in [0.5, 0.6) is 0 Å². The van der Waals surface area contributed by atoms with Crippen molar-refractivity contribution in [1.29, 1.82) is 0 Å². The van der Waals surface area contributed by atoms with Gasteiger partial charge in [0.05, 0.1) is 0 Å². The molecule has 0 saturated heterocycles. The van der Waals surface area contributed by atoms with Crippen LogP contribution in [-0.2, 0) is 0 Å². The molecule has 0 heterocycles. The van der Waals surface area contributed by atoms with E-state index in [1.807, 2.05) is 0 Å². The van der Waals surface area contributed by atoms with E-state index < -0.39 is 46.7 Å². The second-order valence-corrected chi connectivity index (χ2v) is 4.91. The van der Waals surface area contributed by atoms with Gasteiger partial charge < -0.3 is 0 Å². The molecule has 0 saturated carbocycles. The Hall–Kier alpha value is -1.88. The standard InChI is InChI=1S/C14H10F12/c1-5-7(3)9(15,16)11(19,20)13(23,24)14(25,26)12(21,22)10(17,18)8(4)6-2/h5-6H,1-4H2. The first-order chi connectivity index (χ1) is 11.2. The van der Waals surface area contributed by atoms with Gasteiger partial charge in [0, 0.05) is 11.1 Å². The molecular weight excluding hydrogens is 396 g/mol. The lowest BCUT2D eigenvalue weighted by molar-refractivity contribution is -0.416. The van der Waals surface area contributed by atoms with Crippen LogP contribution in [-0.4, -0.2) is 35.5 Å². The van der Waals surface area contributed by atoms with Crippen LogP contribution in [0.15, 0.2) is 49.6 Å². The van der Waals surface area contributed by atoms with Gasteiger partial charge in [-0.2, -0.15) is 52.7 Å². The predicted octanol–water partition coefficient (Wildman–Crippen LogP) is 6.28. The maximum atomic E-state index is 13.4. The third-order valence-corrected chi connectivity index (χ3v) is 3.27. The van der Waals surface area contributed by atoms with Gasteiger partial charge in [-0.05, 0) is 0 Å². The smallest absolute Gasteiger partial charge is 0.194 e. The number of rotatable bonds is 9. The average molecular weight is 406 g/mol. The van der Waals surface area contributed by atoms with Crippen LogP contribution in [0.4, 0.5) is 52.7 Å². The SMILES string of the molecule is C=CC(=C)C(F)(F)C(F)(F)C(F)(F)C(F)(F)C(F)(F)C(F)(F)C(=C)C=C. The molecule has 0 aliphatic rings. The zero-order chi connectivity index (χ0) is 21.6. The van der Waals surface area contributed by atoms with Gasteiger partial charge in [0.2, 0.25) is 0 Å². The van der Waals surface area contributed by atoms with Gasteiger partial charge in [0.25, 0.3) is 0 Å². The maximum absolute atomic E-state index is 13.4. The van der Waals surface area contributed by atoms with Gasteiger partial charge in [-0.1, -0.05) is 38.5 Å². The minimum atomic E-state index is -7.65. The van der Waals surface area contributed by atoms with Crippen LogP contribution in [0.3, 0.4) is 0 Å². The molecule has 0 bridgehead atoms. The van der Waals surface area contributed by atoms with Crippen molar-refractivity contribution >= 4 is 0 Å². The molecule has 0 N–H and O–H groups in total. The summed E-state index contributed by atoms with van der Waals surface area (Å²) in [6, 6.07) is 0. The fourth-order valence-electron chi connectivity index (χ4n) is 1.45. The van der Waals surface area contributed by atoms with Crippen molar-refractivity contribution in [3.05, 3.63) is 49.6 Å².